The molecule has 0 saturated carbocycles. The molecule has 1 unspecified atom stereocenters. The molecule has 0 radical (unpaired) electrons. The highest BCUT2D eigenvalue weighted by Crippen LogP contribution is 2.25. The molecule has 3 aromatic rings. The Labute approximate surface area is 151 Å². The van der Waals surface area contributed by atoms with Crippen LogP contribution in [0.3, 0.4) is 0 Å². The van der Waals surface area contributed by atoms with Crippen molar-refractivity contribution in [2.45, 2.75) is 25.5 Å². The summed E-state index contributed by atoms with van der Waals surface area (Å²) >= 11 is 0. The van der Waals surface area contributed by atoms with Crippen LogP contribution in [0.2, 0.25) is 0 Å². The third-order valence-corrected chi connectivity index (χ3v) is 6.28. The van der Waals surface area contributed by atoms with Gasteiger partial charge in [-0.15, -0.1) is 6.58 Å². The van der Waals surface area contributed by atoms with E-state index in [1.54, 1.807) is 0 Å². The number of nitrogens with zero attached hydrogens (tertiary/aromatic N) is 3. The first kappa shape index (κ1) is 17.0. The lowest BCUT2D eigenvalue weighted by molar-refractivity contribution is 0.0487. The number of piperidine rings is 1. The number of benzene rings is 1. The minimum Gasteiger partial charge on any atom is -0.444 e. The van der Waals surface area contributed by atoms with Gasteiger partial charge in [0.05, 0.1) is 16.8 Å². The van der Waals surface area contributed by atoms with E-state index in [1.807, 2.05) is 30.3 Å². The summed E-state index contributed by atoms with van der Waals surface area (Å²) in [6, 6.07) is 10.0. The monoisotopic (exact) mass is 372 g/mol. The second-order valence-corrected chi connectivity index (χ2v) is 8.31. The molecular weight excluding hydrogens is 352 g/mol. The molecule has 1 aromatic carbocycles. The van der Waals surface area contributed by atoms with Crippen molar-refractivity contribution in [3.05, 3.63) is 43.0 Å². The van der Waals surface area contributed by atoms with Gasteiger partial charge in [-0.3, -0.25) is 0 Å². The van der Waals surface area contributed by atoms with E-state index < -0.39 is 16.3 Å². The number of imidazole rings is 1. The van der Waals surface area contributed by atoms with Gasteiger partial charge in [0.2, 0.25) is 10.0 Å². The molecule has 4 rings (SSSR count). The maximum Gasteiger partial charge on any atom is 0.297 e. The number of aromatic amines is 1. The van der Waals surface area contributed by atoms with Crippen LogP contribution in [0.4, 0.5) is 0 Å². The molecule has 1 N–H and O–H groups in total. The largest absolute Gasteiger partial charge is 0.444 e. The Bertz CT molecular complexity index is 1010. The van der Waals surface area contributed by atoms with Crippen LogP contribution in [0.5, 0.6) is 6.01 Å². The number of para-hydroxylation sites is 1. The fourth-order valence-corrected chi connectivity index (χ4v) is 4.67. The molecule has 1 atom stereocenters. The molecule has 1 fully saturated rings. The predicted molar refractivity (Wildman–Crippen MR) is 100 cm³/mol. The Hall–Kier alpha value is -2.45. The van der Waals surface area contributed by atoms with Gasteiger partial charge in [-0.25, -0.2) is 13.4 Å². The summed E-state index contributed by atoms with van der Waals surface area (Å²) in [6.45, 7) is 3.98. The average molecular weight is 372 g/mol. The van der Waals surface area contributed by atoms with E-state index >= 15 is 0 Å². The summed E-state index contributed by atoms with van der Waals surface area (Å²) in [5.41, 5.74) is 2.16. The molecule has 136 valence electrons. The predicted octanol–water partition coefficient (Wildman–Crippen LogP) is 2.82. The number of sulfonamides is 1. The van der Waals surface area contributed by atoms with Crippen molar-refractivity contribution in [2.75, 3.05) is 12.3 Å². The molecule has 7 nitrogen and oxygen atoms in total. The first-order chi connectivity index (χ1) is 12.6. The quantitative estimate of drug-likeness (QED) is 0.696. The standard InChI is InChI=1S/C18H20N4O3S/c1-2-11-26(23,24)22-10-6-5-9-16(22)25-18-20-15-12-13-7-3-4-8-14(13)19-17(15)21-18/h2-4,7-8,12,16H,1,5-6,9-11H2,(H,19,20,21). The highest BCUT2D eigenvalue weighted by Gasteiger charge is 2.33. The third kappa shape index (κ3) is 3.17. The Kier molecular flexibility index (Phi) is 4.37. The Morgan fingerprint density at radius 3 is 3.00 bits per heavy atom. The van der Waals surface area contributed by atoms with Gasteiger partial charge in [-0.1, -0.05) is 24.3 Å². The highest BCUT2D eigenvalue weighted by atomic mass is 32.2. The molecule has 0 spiro atoms. The smallest absolute Gasteiger partial charge is 0.297 e. The molecule has 8 heteroatoms. The second kappa shape index (κ2) is 6.69. The van der Waals surface area contributed by atoms with Crippen LogP contribution < -0.4 is 4.74 Å². The lowest BCUT2D eigenvalue weighted by atomic mass is 10.1. The second-order valence-electron chi connectivity index (χ2n) is 6.34. The molecule has 2 aromatic heterocycles. The van der Waals surface area contributed by atoms with Gasteiger partial charge in [0.25, 0.3) is 6.01 Å². The molecule has 0 aliphatic carbocycles. The normalized spacial score (nSPS) is 19.0. The van der Waals surface area contributed by atoms with Gasteiger partial charge in [0.1, 0.15) is 0 Å². The number of rotatable bonds is 5. The lowest BCUT2D eigenvalue weighted by Crippen LogP contribution is -2.47. The number of fused-ring (bicyclic) bond motifs is 2. The van der Waals surface area contributed by atoms with Gasteiger partial charge in [-0.05, 0) is 31.4 Å². The zero-order valence-electron chi connectivity index (χ0n) is 14.3. The highest BCUT2D eigenvalue weighted by molar-refractivity contribution is 7.89. The molecule has 3 heterocycles. The molecule has 1 saturated heterocycles. The Balaban J connectivity index is 1.64. The summed E-state index contributed by atoms with van der Waals surface area (Å²) in [4.78, 5) is 12.0. The van der Waals surface area contributed by atoms with E-state index in [9.17, 15) is 8.42 Å². The van der Waals surface area contributed by atoms with Crippen molar-refractivity contribution < 1.29 is 13.2 Å². The number of hydrogen-bond donors (Lipinski definition) is 1. The number of H-pyrrole nitrogens is 1. The van der Waals surface area contributed by atoms with Crippen molar-refractivity contribution in [1.29, 1.82) is 0 Å². The van der Waals surface area contributed by atoms with E-state index in [0.717, 1.165) is 29.3 Å². The van der Waals surface area contributed by atoms with E-state index in [0.29, 0.717) is 18.6 Å². The van der Waals surface area contributed by atoms with Crippen LogP contribution in [0, 0.1) is 0 Å². The van der Waals surface area contributed by atoms with Crippen LogP contribution >= 0.6 is 0 Å². The van der Waals surface area contributed by atoms with Crippen molar-refractivity contribution in [2.24, 2.45) is 0 Å². The maximum atomic E-state index is 12.4. The number of nitrogens with one attached hydrogen (secondary N) is 1. The van der Waals surface area contributed by atoms with E-state index in [-0.39, 0.29) is 11.8 Å². The van der Waals surface area contributed by atoms with Crippen LogP contribution in [0.15, 0.2) is 43.0 Å². The molecule has 1 aliphatic rings. The minimum absolute atomic E-state index is 0.0973. The number of aromatic nitrogens is 3. The number of ether oxygens (including phenoxy) is 1. The van der Waals surface area contributed by atoms with Gasteiger partial charge in [0, 0.05) is 11.9 Å². The Morgan fingerprint density at radius 2 is 2.15 bits per heavy atom. The molecule has 0 bridgehead atoms. The Morgan fingerprint density at radius 1 is 1.31 bits per heavy atom. The minimum atomic E-state index is -3.43. The van der Waals surface area contributed by atoms with Crippen molar-refractivity contribution in [1.82, 2.24) is 19.3 Å². The van der Waals surface area contributed by atoms with Crippen LogP contribution in [0.1, 0.15) is 19.3 Å². The van der Waals surface area contributed by atoms with E-state index in [2.05, 4.69) is 21.5 Å². The average Bonchev–Trinajstić information content (AvgIpc) is 3.01. The summed E-state index contributed by atoms with van der Waals surface area (Å²) in [5.74, 6) is -0.0973. The van der Waals surface area contributed by atoms with E-state index in [4.69, 9.17) is 4.74 Å². The van der Waals surface area contributed by atoms with Crippen molar-refractivity contribution >= 4 is 32.1 Å². The summed E-state index contributed by atoms with van der Waals surface area (Å²) in [5, 5.41) is 1.00. The number of hydrogen-bond acceptors (Lipinski definition) is 5. The SMILES string of the molecule is C=CCS(=O)(=O)N1CCCCC1Oc1nc2nc3ccccc3cc2[nH]1. The van der Waals surface area contributed by atoms with Gasteiger partial charge in [0.15, 0.2) is 11.9 Å². The van der Waals surface area contributed by atoms with E-state index in [1.165, 1.54) is 10.4 Å². The zero-order valence-corrected chi connectivity index (χ0v) is 15.1. The molecule has 0 amide bonds. The van der Waals surface area contributed by atoms with Gasteiger partial charge < -0.3 is 9.72 Å². The number of pyridine rings is 1. The molecule has 26 heavy (non-hydrogen) atoms. The topological polar surface area (TPSA) is 88.2 Å². The summed E-state index contributed by atoms with van der Waals surface area (Å²) in [7, 11) is -3.43. The first-order valence-electron chi connectivity index (χ1n) is 8.59. The fraction of sp³-hybridized carbons (Fsp3) is 0.333. The van der Waals surface area contributed by atoms with Crippen LogP contribution in [0.25, 0.3) is 22.1 Å². The van der Waals surface area contributed by atoms with Crippen LogP contribution in [-0.4, -0.2) is 46.2 Å². The summed E-state index contributed by atoms with van der Waals surface area (Å²) < 4.78 is 32.2. The molecule has 1 aliphatic heterocycles. The molecular formula is C18H20N4O3S. The third-order valence-electron chi connectivity index (χ3n) is 4.49. The van der Waals surface area contributed by atoms with Crippen LogP contribution in [-0.2, 0) is 10.0 Å². The summed E-state index contributed by atoms with van der Waals surface area (Å²) in [6.07, 6.45) is 3.19. The van der Waals surface area contributed by atoms with Crippen molar-refractivity contribution in [3.63, 3.8) is 0 Å². The van der Waals surface area contributed by atoms with Gasteiger partial charge in [-0.2, -0.15) is 9.29 Å². The van der Waals surface area contributed by atoms with Gasteiger partial charge >= 0.3 is 0 Å². The first-order valence-corrected chi connectivity index (χ1v) is 10.2. The fourth-order valence-electron chi connectivity index (χ4n) is 3.26. The lowest BCUT2D eigenvalue weighted by Gasteiger charge is -2.33. The van der Waals surface area contributed by atoms with Crippen molar-refractivity contribution in [3.8, 4) is 6.01 Å². The maximum absolute atomic E-state index is 12.4. The zero-order chi connectivity index (χ0) is 18.1.